The molecule has 2 rings (SSSR count). The maximum absolute atomic E-state index is 12.0. The quantitative estimate of drug-likeness (QED) is 0.782. The third-order valence-corrected chi connectivity index (χ3v) is 2.94. The Morgan fingerprint density at radius 2 is 2.19 bits per heavy atom. The van der Waals surface area contributed by atoms with Gasteiger partial charge in [0.15, 0.2) is 0 Å². The first-order chi connectivity index (χ1) is 7.49. The first kappa shape index (κ1) is 11.1. The van der Waals surface area contributed by atoms with Crippen LogP contribution in [0.1, 0.15) is 24.4 Å². The van der Waals surface area contributed by atoms with Crippen LogP contribution in [-0.2, 0) is 4.79 Å². The second-order valence-electron chi connectivity index (χ2n) is 4.44. The summed E-state index contributed by atoms with van der Waals surface area (Å²) in [5.41, 5.74) is 1.90. The van der Waals surface area contributed by atoms with Gasteiger partial charge in [0.2, 0.25) is 5.91 Å². The highest BCUT2D eigenvalue weighted by molar-refractivity contribution is 5.80. The van der Waals surface area contributed by atoms with E-state index in [2.05, 4.69) is 5.10 Å². The Morgan fingerprint density at radius 1 is 1.56 bits per heavy atom. The van der Waals surface area contributed by atoms with Crippen LogP contribution in [0.4, 0.5) is 0 Å². The number of hydrogen-bond acceptors (Lipinski definition) is 3. The van der Waals surface area contributed by atoms with Gasteiger partial charge < -0.3 is 10.0 Å². The van der Waals surface area contributed by atoms with Gasteiger partial charge in [-0.2, -0.15) is 5.10 Å². The van der Waals surface area contributed by atoms with E-state index in [0.717, 1.165) is 11.4 Å². The van der Waals surface area contributed by atoms with Crippen LogP contribution in [-0.4, -0.2) is 44.9 Å². The molecule has 1 N–H and O–H groups in total. The zero-order valence-electron chi connectivity index (χ0n) is 9.84. The van der Waals surface area contributed by atoms with Crippen molar-refractivity contribution in [2.75, 3.05) is 13.1 Å². The first-order valence-electron chi connectivity index (χ1n) is 5.48. The fourth-order valence-electron chi connectivity index (χ4n) is 2.04. The summed E-state index contributed by atoms with van der Waals surface area (Å²) in [6.07, 6.45) is -0.350. The van der Waals surface area contributed by atoms with Gasteiger partial charge in [-0.1, -0.05) is 0 Å². The molecule has 5 heteroatoms. The molecule has 1 unspecified atom stereocenters. The largest absolute Gasteiger partial charge is 0.389 e. The van der Waals surface area contributed by atoms with Gasteiger partial charge in [0.25, 0.3) is 0 Å². The lowest BCUT2D eigenvalue weighted by Crippen LogP contribution is -2.55. The lowest BCUT2D eigenvalue weighted by molar-refractivity contribution is -0.144. The molecule has 16 heavy (non-hydrogen) atoms. The zero-order valence-corrected chi connectivity index (χ0v) is 9.84. The molecule has 2 heterocycles. The number of rotatable bonds is 2. The standard InChI is InChI=1S/C11H17N3O2/c1-7-4-8(2)14(12-7)9(3)11(16)13-5-10(15)6-13/h4,9-10,15H,5-6H2,1-3H3. The van der Waals surface area contributed by atoms with Gasteiger partial charge in [0, 0.05) is 18.8 Å². The Hall–Kier alpha value is -1.36. The summed E-state index contributed by atoms with van der Waals surface area (Å²) < 4.78 is 1.74. The molecule has 5 nitrogen and oxygen atoms in total. The highest BCUT2D eigenvalue weighted by atomic mass is 16.3. The molecular formula is C11H17N3O2. The normalized spacial score (nSPS) is 18.4. The smallest absolute Gasteiger partial charge is 0.247 e. The lowest BCUT2D eigenvalue weighted by Gasteiger charge is -2.37. The second kappa shape index (κ2) is 3.90. The Kier molecular flexibility index (Phi) is 2.71. The second-order valence-corrected chi connectivity index (χ2v) is 4.44. The van der Waals surface area contributed by atoms with E-state index in [1.807, 2.05) is 26.8 Å². The predicted molar refractivity (Wildman–Crippen MR) is 59.0 cm³/mol. The van der Waals surface area contributed by atoms with Crippen molar-refractivity contribution in [3.05, 3.63) is 17.5 Å². The number of nitrogens with zero attached hydrogens (tertiary/aromatic N) is 3. The van der Waals surface area contributed by atoms with Crippen LogP contribution >= 0.6 is 0 Å². The summed E-state index contributed by atoms with van der Waals surface area (Å²) in [7, 11) is 0. The Labute approximate surface area is 94.7 Å². The molecule has 1 aliphatic rings. The van der Waals surface area contributed by atoms with E-state index in [-0.39, 0.29) is 18.1 Å². The molecule has 0 aromatic carbocycles. The Bertz CT molecular complexity index is 407. The molecule has 1 aliphatic heterocycles. The molecular weight excluding hydrogens is 206 g/mol. The molecule has 0 spiro atoms. The van der Waals surface area contributed by atoms with E-state index in [1.54, 1.807) is 9.58 Å². The summed E-state index contributed by atoms with van der Waals surface area (Å²) in [4.78, 5) is 13.6. The van der Waals surface area contributed by atoms with Crippen molar-refractivity contribution in [3.63, 3.8) is 0 Å². The highest BCUT2D eigenvalue weighted by Crippen LogP contribution is 2.17. The summed E-state index contributed by atoms with van der Waals surface area (Å²) in [6.45, 7) is 6.58. The van der Waals surface area contributed by atoms with Gasteiger partial charge in [-0.25, -0.2) is 0 Å². The maximum Gasteiger partial charge on any atom is 0.247 e. The van der Waals surface area contributed by atoms with E-state index < -0.39 is 0 Å². The first-order valence-corrected chi connectivity index (χ1v) is 5.48. The fourth-order valence-corrected chi connectivity index (χ4v) is 2.04. The summed E-state index contributed by atoms with van der Waals surface area (Å²) in [5, 5.41) is 13.5. The molecule has 1 aromatic heterocycles. The minimum absolute atomic E-state index is 0.0245. The molecule has 1 aromatic rings. The van der Waals surface area contributed by atoms with Gasteiger partial charge in [-0.05, 0) is 26.8 Å². The molecule has 1 saturated heterocycles. The molecule has 1 fully saturated rings. The minimum Gasteiger partial charge on any atom is -0.389 e. The molecule has 0 radical (unpaired) electrons. The number of aliphatic hydroxyl groups is 1. The molecule has 88 valence electrons. The summed E-state index contributed by atoms with van der Waals surface area (Å²) in [6, 6.07) is 1.66. The number of hydrogen-bond donors (Lipinski definition) is 1. The van der Waals surface area contributed by atoms with Crippen molar-refractivity contribution in [3.8, 4) is 0 Å². The predicted octanol–water partition coefficient (Wildman–Crippen LogP) is 0.264. The van der Waals surface area contributed by atoms with Gasteiger partial charge in [0.1, 0.15) is 6.04 Å². The van der Waals surface area contributed by atoms with Crippen LogP contribution in [0, 0.1) is 13.8 Å². The van der Waals surface area contributed by atoms with Crippen LogP contribution in [0.15, 0.2) is 6.07 Å². The number of aliphatic hydroxyl groups excluding tert-OH is 1. The number of aromatic nitrogens is 2. The molecule has 1 atom stereocenters. The number of β-amino-alcohol motifs (C(OH)–C–C–N with tert-alkyl or cyclic N) is 1. The van der Waals surface area contributed by atoms with Crippen LogP contribution in [0.3, 0.4) is 0 Å². The van der Waals surface area contributed by atoms with Crippen molar-refractivity contribution >= 4 is 5.91 Å². The van der Waals surface area contributed by atoms with Crippen LogP contribution < -0.4 is 0 Å². The monoisotopic (exact) mass is 223 g/mol. The van der Waals surface area contributed by atoms with Gasteiger partial charge >= 0.3 is 0 Å². The summed E-state index contributed by atoms with van der Waals surface area (Å²) >= 11 is 0. The van der Waals surface area contributed by atoms with Crippen LogP contribution in [0.5, 0.6) is 0 Å². The van der Waals surface area contributed by atoms with E-state index in [4.69, 9.17) is 5.11 Å². The third-order valence-electron chi connectivity index (χ3n) is 2.94. The topological polar surface area (TPSA) is 58.4 Å². The van der Waals surface area contributed by atoms with E-state index in [9.17, 15) is 4.79 Å². The molecule has 0 saturated carbocycles. The van der Waals surface area contributed by atoms with Crippen LogP contribution in [0.2, 0.25) is 0 Å². The minimum atomic E-state index is -0.350. The van der Waals surface area contributed by atoms with Crippen molar-refractivity contribution < 1.29 is 9.90 Å². The molecule has 0 aliphatic carbocycles. The highest BCUT2D eigenvalue weighted by Gasteiger charge is 2.32. The van der Waals surface area contributed by atoms with E-state index in [1.165, 1.54) is 0 Å². The summed E-state index contributed by atoms with van der Waals surface area (Å²) in [5.74, 6) is 0.0245. The van der Waals surface area contributed by atoms with E-state index in [0.29, 0.717) is 13.1 Å². The molecule has 1 amide bonds. The van der Waals surface area contributed by atoms with Crippen molar-refractivity contribution in [1.29, 1.82) is 0 Å². The van der Waals surface area contributed by atoms with Gasteiger partial charge in [0.05, 0.1) is 11.8 Å². The number of aryl methyl sites for hydroxylation is 2. The van der Waals surface area contributed by atoms with E-state index >= 15 is 0 Å². The van der Waals surface area contributed by atoms with Gasteiger partial charge in [-0.15, -0.1) is 0 Å². The Balaban J connectivity index is 2.10. The van der Waals surface area contributed by atoms with Crippen molar-refractivity contribution in [1.82, 2.24) is 14.7 Å². The third kappa shape index (κ3) is 1.82. The average molecular weight is 223 g/mol. The number of carbonyl (C=O) groups is 1. The number of amides is 1. The average Bonchev–Trinajstić information content (AvgIpc) is 2.51. The van der Waals surface area contributed by atoms with Crippen molar-refractivity contribution in [2.45, 2.75) is 32.9 Å². The molecule has 0 bridgehead atoms. The number of carbonyl (C=O) groups excluding carboxylic acids is 1. The number of likely N-dealkylation sites (tertiary alicyclic amines) is 1. The SMILES string of the molecule is Cc1cc(C)n(C(C)C(=O)N2CC(O)C2)n1. The maximum atomic E-state index is 12.0. The Morgan fingerprint density at radius 3 is 2.62 bits per heavy atom. The lowest BCUT2D eigenvalue weighted by atomic mass is 10.1. The van der Waals surface area contributed by atoms with Crippen LogP contribution in [0.25, 0.3) is 0 Å². The van der Waals surface area contributed by atoms with Gasteiger partial charge in [-0.3, -0.25) is 9.48 Å². The zero-order chi connectivity index (χ0) is 11.9. The van der Waals surface area contributed by atoms with Crippen molar-refractivity contribution in [2.24, 2.45) is 0 Å². The fraction of sp³-hybridized carbons (Fsp3) is 0.636.